The molecule has 0 bridgehead atoms. The Morgan fingerprint density at radius 2 is 2.09 bits per heavy atom. The van der Waals surface area contributed by atoms with Crippen molar-refractivity contribution in [2.24, 2.45) is 0 Å². The van der Waals surface area contributed by atoms with Crippen molar-refractivity contribution in [3.63, 3.8) is 0 Å². The zero-order valence-corrected chi connectivity index (χ0v) is 6.20. The van der Waals surface area contributed by atoms with Crippen molar-refractivity contribution in [3.05, 3.63) is 0 Å². The molecule has 2 N–H and O–H groups in total. The molecular weight excluding hydrogens is 151 g/mol. The number of aliphatic hydroxyl groups is 2. The summed E-state index contributed by atoms with van der Waals surface area (Å²) in [6, 6.07) is 0. The Labute approximate surface area is 63.8 Å². The molecule has 1 saturated carbocycles. The number of rotatable bonds is 0. The second kappa shape index (κ2) is 1.94. The van der Waals surface area contributed by atoms with Gasteiger partial charge in [0.1, 0.15) is 11.7 Å². The van der Waals surface area contributed by atoms with Crippen LogP contribution in [0.4, 0.5) is 4.39 Å². The molecule has 3 nitrogen and oxygen atoms in total. The maximum absolute atomic E-state index is 12.9. The fourth-order valence-corrected chi connectivity index (χ4v) is 1.69. The van der Waals surface area contributed by atoms with Crippen molar-refractivity contribution < 1.29 is 19.3 Å². The van der Waals surface area contributed by atoms with Crippen LogP contribution in [0.1, 0.15) is 13.3 Å². The van der Waals surface area contributed by atoms with Crippen LogP contribution >= 0.6 is 0 Å². The van der Waals surface area contributed by atoms with Crippen LogP contribution in [0.5, 0.6) is 0 Å². The molecule has 1 spiro atoms. The van der Waals surface area contributed by atoms with Gasteiger partial charge in [-0.2, -0.15) is 0 Å². The molecule has 2 unspecified atom stereocenters. The summed E-state index contributed by atoms with van der Waals surface area (Å²) in [7, 11) is 0. The van der Waals surface area contributed by atoms with E-state index in [0.29, 0.717) is 6.42 Å². The third-order valence-electron chi connectivity index (χ3n) is 2.57. The summed E-state index contributed by atoms with van der Waals surface area (Å²) in [6.45, 7) is 1.56. The zero-order valence-electron chi connectivity index (χ0n) is 6.20. The van der Waals surface area contributed by atoms with Gasteiger partial charge in [-0.15, -0.1) is 0 Å². The van der Waals surface area contributed by atoms with Crippen molar-refractivity contribution in [2.45, 2.75) is 43.4 Å². The van der Waals surface area contributed by atoms with Crippen LogP contribution in [0.25, 0.3) is 0 Å². The average Bonchev–Trinajstić information content (AvgIpc) is 2.54. The molecule has 2 aliphatic rings. The van der Waals surface area contributed by atoms with Crippen LogP contribution < -0.4 is 0 Å². The first kappa shape index (κ1) is 7.46. The van der Waals surface area contributed by atoms with Crippen LogP contribution in [-0.2, 0) is 4.74 Å². The predicted molar refractivity (Wildman–Crippen MR) is 34.8 cm³/mol. The summed E-state index contributed by atoms with van der Waals surface area (Å²) >= 11 is 0. The molecule has 2 fully saturated rings. The van der Waals surface area contributed by atoms with Gasteiger partial charge in [-0.05, 0) is 6.92 Å². The maximum atomic E-state index is 12.9. The molecule has 1 aliphatic carbocycles. The normalized spacial score (nSPS) is 62.2. The van der Waals surface area contributed by atoms with Gasteiger partial charge in [-0.3, -0.25) is 0 Å². The fourth-order valence-electron chi connectivity index (χ4n) is 1.69. The van der Waals surface area contributed by atoms with Gasteiger partial charge < -0.3 is 14.9 Å². The van der Waals surface area contributed by atoms with Crippen molar-refractivity contribution in [2.75, 3.05) is 0 Å². The smallest absolute Gasteiger partial charge is 0.155 e. The monoisotopic (exact) mass is 162 g/mol. The standard InChI is InChI=1S/C7H11FO3/c1-3-5(8)6(10)7(11-3)2-4(7)9/h3-6,9-10H,2H2,1H3/t3?,4?,5-,6-,7+/m0/s1. The molecule has 0 aromatic rings. The number of aliphatic hydroxyl groups excluding tert-OH is 2. The SMILES string of the molecule is CC1O[C@@]2(CC2O)[C@@H](O)[C@H]1F. The number of halogens is 1. The molecule has 5 atom stereocenters. The number of alkyl halides is 1. The Morgan fingerprint density at radius 1 is 1.55 bits per heavy atom. The second-order valence-corrected chi connectivity index (χ2v) is 3.39. The van der Waals surface area contributed by atoms with E-state index in [-0.39, 0.29) is 0 Å². The highest BCUT2D eigenvalue weighted by Crippen LogP contribution is 2.50. The van der Waals surface area contributed by atoms with Gasteiger partial charge in [0.2, 0.25) is 0 Å². The van der Waals surface area contributed by atoms with Crippen LogP contribution in [0.15, 0.2) is 0 Å². The second-order valence-electron chi connectivity index (χ2n) is 3.39. The summed E-state index contributed by atoms with van der Waals surface area (Å²) in [5.74, 6) is 0. The fraction of sp³-hybridized carbons (Fsp3) is 1.00. The minimum atomic E-state index is -1.35. The van der Waals surface area contributed by atoms with Crippen LogP contribution in [0, 0.1) is 0 Å². The molecule has 2 rings (SSSR count). The number of ether oxygens (including phenoxy) is 1. The van der Waals surface area contributed by atoms with E-state index in [9.17, 15) is 9.50 Å². The number of hydrogen-bond acceptors (Lipinski definition) is 3. The topological polar surface area (TPSA) is 49.7 Å². The van der Waals surface area contributed by atoms with Gasteiger partial charge in [-0.1, -0.05) is 0 Å². The Bertz CT molecular complexity index is 187. The molecule has 1 aliphatic heterocycles. The van der Waals surface area contributed by atoms with Gasteiger partial charge in [0, 0.05) is 6.42 Å². The molecule has 1 heterocycles. The molecule has 11 heavy (non-hydrogen) atoms. The lowest BCUT2D eigenvalue weighted by molar-refractivity contribution is -0.0321. The molecule has 0 aromatic carbocycles. The van der Waals surface area contributed by atoms with Gasteiger partial charge >= 0.3 is 0 Å². The zero-order chi connectivity index (χ0) is 8.22. The Balaban J connectivity index is 2.17. The van der Waals surface area contributed by atoms with Gasteiger partial charge in [0.05, 0.1) is 12.2 Å². The minimum Gasteiger partial charge on any atom is -0.390 e. The van der Waals surface area contributed by atoms with E-state index < -0.39 is 30.1 Å². The molecule has 64 valence electrons. The number of hydrogen-bond donors (Lipinski definition) is 2. The minimum absolute atomic E-state index is 0.360. The van der Waals surface area contributed by atoms with Crippen molar-refractivity contribution >= 4 is 0 Å². The lowest BCUT2D eigenvalue weighted by Gasteiger charge is -2.11. The molecular formula is C7H11FO3. The first-order chi connectivity index (χ1) is 5.08. The van der Waals surface area contributed by atoms with E-state index in [2.05, 4.69) is 0 Å². The highest BCUT2D eigenvalue weighted by atomic mass is 19.1. The van der Waals surface area contributed by atoms with E-state index in [1.807, 2.05) is 0 Å². The summed E-state index contributed by atoms with van der Waals surface area (Å²) in [5.41, 5.74) is -0.959. The molecule has 0 amide bonds. The summed E-state index contributed by atoms with van der Waals surface area (Å²) in [5, 5.41) is 18.3. The van der Waals surface area contributed by atoms with Crippen molar-refractivity contribution in [1.29, 1.82) is 0 Å². The third-order valence-corrected chi connectivity index (χ3v) is 2.57. The van der Waals surface area contributed by atoms with E-state index in [0.717, 1.165) is 0 Å². The van der Waals surface area contributed by atoms with Gasteiger partial charge in [-0.25, -0.2) is 4.39 Å². The van der Waals surface area contributed by atoms with E-state index in [1.165, 1.54) is 0 Å². The van der Waals surface area contributed by atoms with Crippen LogP contribution in [0.2, 0.25) is 0 Å². The average molecular weight is 162 g/mol. The lowest BCUT2D eigenvalue weighted by atomic mass is 10.1. The highest BCUT2D eigenvalue weighted by Gasteiger charge is 2.68. The molecule has 4 heteroatoms. The van der Waals surface area contributed by atoms with Crippen molar-refractivity contribution in [1.82, 2.24) is 0 Å². The highest BCUT2D eigenvalue weighted by molar-refractivity contribution is 5.17. The predicted octanol–water partition coefficient (Wildman–Crippen LogP) is -0.393. The van der Waals surface area contributed by atoms with E-state index in [1.54, 1.807) is 6.92 Å². The summed E-state index contributed by atoms with van der Waals surface area (Å²) < 4.78 is 18.1. The Hall–Kier alpha value is -0.190. The van der Waals surface area contributed by atoms with Gasteiger partial charge in [0.25, 0.3) is 0 Å². The Morgan fingerprint density at radius 3 is 2.27 bits per heavy atom. The third kappa shape index (κ3) is 0.774. The Kier molecular flexibility index (Phi) is 1.32. The maximum Gasteiger partial charge on any atom is 0.155 e. The van der Waals surface area contributed by atoms with Crippen LogP contribution in [0.3, 0.4) is 0 Å². The van der Waals surface area contributed by atoms with Gasteiger partial charge in [0.15, 0.2) is 6.17 Å². The quantitative estimate of drug-likeness (QED) is 0.510. The first-order valence-corrected chi connectivity index (χ1v) is 3.76. The van der Waals surface area contributed by atoms with Crippen LogP contribution in [-0.4, -0.2) is 40.3 Å². The van der Waals surface area contributed by atoms with E-state index in [4.69, 9.17) is 9.84 Å². The summed E-state index contributed by atoms with van der Waals surface area (Å²) in [6.07, 6.45) is -3.42. The largest absolute Gasteiger partial charge is 0.390 e. The molecule has 0 radical (unpaired) electrons. The molecule has 0 aromatic heterocycles. The summed E-state index contributed by atoms with van der Waals surface area (Å²) in [4.78, 5) is 0. The lowest BCUT2D eigenvalue weighted by Crippen LogP contribution is -2.32. The van der Waals surface area contributed by atoms with Crippen molar-refractivity contribution in [3.8, 4) is 0 Å². The molecule has 1 saturated heterocycles. The van der Waals surface area contributed by atoms with E-state index >= 15 is 0 Å². The first-order valence-electron chi connectivity index (χ1n) is 3.76.